The molecule has 9 heteroatoms. The van der Waals surface area contributed by atoms with E-state index in [0.29, 0.717) is 26.2 Å². The van der Waals surface area contributed by atoms with E-state index < -0.39 is 12.2 Å². The van der Waals surface area contributed by atoms with Crippen LogP contribution in [0.3, 0.4) is 0 Å². The number of carbonyl (C=O) groups is 3. The van der Waals surface area contributed by atoms with Crippen molar-refractivity contribution in [1.29, 1.82) is 0 Å². The molecule has 0 radical (unpaired) electrons. The summed E-state index contributed by atoms with van der Waals surface area (Å²) in [6.07, 6.45) is 4.64. The van der Waals surface area contributed by atoms with Crippen LogP contribution in [-0.4, -0.2) is 89.3 Å². The lowest BCUT2D eigenvalue weighted by Crippen LogP contribution is -2.77. The Labute approximate surface area is 195 Å². The van der Waals surface area contributed by atoms with Crippen LogP contribution in [0.1, 0.15) is 26.3 Å². The lowest BCUT2D eigenvalue weighted by Gasteiger charge is -2.55. The Morgan fingerprint density at radius 3 is 2.64 bits per heavy atom. The molecule has 2 fully saturated rings. The summed E-state index contributed by atoms with van der Waals surface area (Å²) < 4.78 is 5.38. The summed E-state index contributed by atoms with van der Waals surface area (Å²) in [6, 6.07) is 8.69. The van der Waals surface area contributed by atoms with E-state index in [0.717, 1.165) is 5.56 Å². The monoisotopic (exact) mass is 455 g/mol. The van der Waals surface area contributed by atoms with Gasteiger partial charge in [0, 0.05) is 19.6 Å². The Hall–Kier alpha value is -3.09. The van der Waals surface area contributed by atoms with E-state index in [2.05, 4.69) is 11.2 Å². The Kier molecular flexibility index (Phi) is 8.31. The first-order valence-electron chi connectivity index (χ1n) is 11.4. The number of nitrogens with zero attached hydrogens (tertiary/aromatic N) is 4. The Morgan fingerprint density at radius 1 is 1.27 bits per heavy atom. The zero-order valence-corrected chi connectivity index (χ0v) is 19.6. The smallest absolute Gasteiger partial charge is 0.334 e. The molecule has 1 N–H and O–H groups in total. The summed E-state index contributed by atoms with van der Waals surface area (Å²) >= 11 is 0. The first-order chi connectivity index (χ1) is 15.9. The Bertz CT molecular complexity index is 885. The average molecular weight is 456 g/mol. The third-order valence-electron chi connectivity index (χ3n) is 5.94. The lowest BCUT2D eigenvalue weighted by atomic mass is 9.96. The molecule has 0 aromatic heterocycles. The van der Waals surface area contributed by atoms with Gasteiger partial charge in [-0.05, 0) is 11.5 Å². The van der Waals surface area contributed by atoms with Crippen LogP contribution in [0, 0.1) is 18.3 Å². The number of fused-ring (bicyclic) bond motifs is 1. The topological polar surface area (TPSA) is 85.4 Å². The van der Waals surface area contributed by atoms with Crippen molar-refractivity contribution in [3.8, 4) is 12.3 Å². The number of ether oxygens (including phenoxy) is 1. The SMILES string of the molecule is C#CCOCCN1C[C@H]2N(C(=O)CN(CC)N2C(=O)NCc2ccccc2)[C@@H](C(C)C)C1=O. The van der Waals surface area contributed by atoms with Gasteiger partial charge in [0.25, 0.3) is 0 Å². The van der Waals surface area contributed by atoms with Crippen LogP contribution in [0.5, 0.6) is 0 Å². The molecule has 33 heavy (non-hydrogen) atoms. The maximum Gasteiger partial charge on any atom is 0.334 e. The molecule has 178 valence electrons. The fraction of sp³-hybridized carbons (Fsp3) is 0.542. The highest BCUT2D eigenvalue weighted by Crippen LogP contribution is 2.29. The number of rotatable bonds is 8. The normalized spacial score (nSPS) is 21.2. The van der Waals surface area contributed by atoms with Crippen LogP contribution in [0.4, 0.5) is 4.79 Å². The van der Waals surface area contributed by atoms with E-state index >= 15 is 0 Å². The molecule has 0 aliphatic carbocycles. The van der Waals surface area contributed by atoms with Crippen molar-refractivity contribution in [3.05, 3.63) is 35.9 Å². The maximum atomic E-state index is 13.4. The quantitative estimate of drug-likeness (QED) is 0.469. The Morgan fingerprint density at radius 2 is 2.00 bits per heavy atom. The largest absolute Gasteiger partial charge is 0.367 e. The van der Waals surface area contributed by atoms with Gasteiger partial charge in [0.1, 0.15) is 18.8 Å². The summed E-state index contributed by atoms with van der Waals surface area (Å²) in [6.45, 7) is 7.64. The number of nitrogens with one attached hydrogen (secondary N) is 1. The van der Waals surface area contributed by atoms with Crippen LogP contribution in [0.15, 0.2) is 30.3 Å². The van der Waals surface area contributed by atoms with Gasteiger partial charge in [-0.15, -0.1) is 6.42 Å². The van der Waals surface area contributed by atoms with Gasteiger partial charge in [0.05, 0.1) is 19.7 Å². The number of hydrazine groups is 1. The highest BCUT2D eigenvalue weighted by atomic mass is 16.5. The predicted molar refractivity (Wildman–Crippen MR) is 123 cm³/mol. The first kappa shape index (κ1) is 24.6. The summed E-state index contributed by atoms with van der Waals surface area (Å²) in [4.78, 5) is 43.0. The molecule has 1 aromatic rings. The van der Waals surface area contributed by atoms with Crippen LogP contribution in [-0.2, 0) is 20.9 Å². The third kappa shape index (κ3) is 5.46. The van der Waals surface area contributed by atoms with Crippen LogP contribution < -0.4 is 5.32 Å². The van der Waals surface area contributed by atoms with Crippen molar-refractivity contribution < 1.29 is 19.1 Å². The van der Waals surface area contributed by atoms with E-state index in [1.165, 1.54) is 0 Å². The molecule has 0 bridgehead atoms. The lowest BCUT2D eigenvalue weighted by molar-refractivity contribution is -0.193. The zero-order valence-electron chi connectivity index (χ0n) is 19.6. The average Bonchev–Trinajstić information content (AvgIpc) is 2.81. The van der Waals surface area contributed by atoms with E-state index in [1.54, 1.807) is 19.8 Å². The molecule has 2 saturated heterocycles. The first-order valence-corrected chi connectivity index (χ1v) is 11.4. The van der Waals surface area contributed by atoms with Crippen molar-refractivity contribution in [2.45, 2.75) is 39.5 Å². The summed E-state index contributed by atoms with van der Waals surface area (Å²) in [5.74, 6) is 2.02. The van der Waals surface area contributed by atoms with Gasteiger partial charge < -0.3 is 19.9 Å². The molecule has 2 aliphatic rings. The van der Waals surface area contributed by atoms with Gasteiger partial charge in [0.2, 0.25) is 11.8 Å². The second-order valence-corrected chi connectivity index (χ2v) is 8.48. The van der Waals surface area contributed by atoms with Crippen LogP contribution >= 0.6 is 0 Å². The van der Waals surface area contributed by atoms with E-state index in [4.69, 9.17) is 11.2 Å². The molecule has 9 nitrogen and oxygen atoms in total. The standard InChI is InChI=1S/C24H33N5O4/c1-5-13-33-14-12-26-16-20-28(22(18(3)4)23(26)31)21(30)17-27(6-2)29(20)24(32)25-15-19-10-8-7-9-11-19/h1,7-11,18,20,22H,6,12-17H2,2-4H3,(H,25,32)/t20-,22-/m0/s1. The fourth-order valence-corrected chi connectivity index (χ4v) is 4.38. The molecule has 0 saturated carbocycles. The molecule has 0 spiro atoms. The van der Waals surface area contributed by atoms with Gasteiger partial charge in [-0.3, -0.25) is 9.59 Å². The van der Waals surface area contributed by atoms with Gasteiger partial charge in [-0.25, -0.2) is 14.8 Å². The van der Waals surface area contributed by atoms with Gasteiger partial charge in [-0.1, -0.05) is 57.0 Å². The van der Waals surface area contributed by atoms with Crippen molar-refractivity contribution in [1.82, 2.24) is 25.1 Å². The van der Waals surface area contributed by atoms with Crippen molar-refractivity contribution in [3.63, 3.8) is 0 Å². The molecule has 2 atom stereocenters. The second-order valence-electron chi connectivity index (χ2n) is 8.48. The number of carbonyl (C=O) groups excluding carboxylic acids is 3. The third-order valence-corrected chi connectivity index (χ3v) is 5.94. The molecular weight excluding hydrogens is 422 g/mol. The number of hydrogen-bond donors (Lipinski definition) is 1. The van der Waals surface area contributed by atoms with Crippen LogP contribution in [0.25, 0.3) is 0 Å². The molecule has 4 amide bonds. The zero-order chi connectivity index (χ0) is 24.0. The second kappa shape index (κ2) is 11.2. The molecule has 1 aromatic carbocycles. The number of benzene rings is 1. The van der Waals surface area contributed by atoms with Crippen molar-refractivity contribution >= 4 is 17.8 Å². The van der Waals surface area contributed by atoms with Crippen molar-refractivity contribution in [2.24, 2.45) is 5.92 Å². The summed E-state index contributed by atoms with van der Waals surface area (Å²) in [5, 5.41) is 6.31. The van der Waals surface area contributed by atoms with Crippen LogP contribution in [0.2, 0.25) is 0 Å². The molecule has 0 unspecified atom stereocenters. The van der Waals surface area contributed by atoms with E-state index in [-0.39, 0.29) is 43.5 Å². The number of terminal acetylenes is 1. The maximum absolute atomic E-state index is 13.4. The highest BCUT2D eigenvalue weighted by Gasteiger charge is 2.51. The number of amides is 4. The molecule has 2 aliphatic heterocycles. The van der Waals surface area contributed by atoms with Gasteiger partial charge in [0.15, 0.2) is 0 Å². The fourth-order valence-electron chi connectivity index (χ4n) is 4.38. The number of piperazine rings is 1. The predicted octanol–water partition coefficient (Wildman–Crippen LogP) is 1.12. The summed E-state index contributed by atoms with van der Waals surface area (Å²) in [7, 11) is 0. The van der Waals surface area contributed by atoms with E-state index in [1.807, 2.05) is 51.1 Å². The minimum absolute atomic E-state index is 0.0491. The molecular formula is C24H33N5O4. The minimum atomic E-state index is -0.646. The molecule has 3 rings (SSSR count). The Balaban J connectivity index is 1.85. The molecule has 2 heterocycles. The van der Waals surface area contributed by atoms with Gasteiger partial charge in [-0.2, -0.15) is 0 Å². The number of likely N-dealkylation sites (N-methyl/N-ethyl adjacent to an activating group) is 1. The van der Waals surface area contributed by atoms with Crippen molar-refractivity contribution in [2.75, 3.05) is 39.4 Å². The number of urea groups is 1. The van der Waals surface area contributed by atoms with E-state index in [9.17, 15) is 14.4 Å². The highest BCUT2D eigenvalue weighted by molar-refractivity contribution is 5.91. The summed E-state index contributed by atoms with van der Waals surface area (Å²) in [5.41, 5.74) is 0.977. The number of hydrogen-bond acceptors (Lipinski definition) is 5. The van der Waals surface area contributed by atoms with Gasteiger partial charge >= 0.3 is 6.03 Å². The minimum Gasteiger partial charge on any atom is -0.367 e.